The van der Waals surface area contributed by atoms with E-state index in [0.717, 1.165) is 40.4 Å². The number of hydrogen-bond acceptors (Lipinski definition) is 2. The maximum absolute atomic E-state index is 13.2. The van der Waals surface area contributed by atoms with Gasteiger partial charge in [0.2, 0.25) is 0 Å². The van der Waals surface area contributed by atoms with E-state index in [1.54, 1.807) is 7.11 Å². The van der Waals surface area contributed by atoms with Crippen LogP contribution in [0, 0.1) is 0 Å². The van der Waals surface area contributed by atoms with Crippen molar-refractivity contribution in [2.24, 2.45) is 0 Å². The fraction of sp³-hybridized carbons (Fsp3) is 0.320. The van der Waals surface area contributed by atoms with Crippen LogP contribution >= 0.6 is 11.6 Å². The van der Waals surface area contributed by atoms with E-state index in [1.807, 2.05) is 71.8 Å². The normalized spacial score (nSPS) is 10.8. The van der Waals surface area contributed by atoms with Crippen LogP contribution < -0.4 is 5.32 Å². The summed E-state index contributed by atoms with van der Waals surface area (Å²) >= 11 is 6.35. The van der Waals surface area contributed by atoms with Gasteiger partial charge in [0.15, 0.2) is 0 Å². The summed E-state index contributed by atoms with van der Waals surface area (Å²) in [5.74, 6) is 0. The van der Waals surface area contributed by atoms with Crippen LogP contribution in [0.1, 0.15) is 30.2 Å². The van der Waals surface area contributed by atoms with Crippen LogP contribution in [0.5, 0.6) is 0 Å². The van der Waals surface area contributed by atoms with Gasteiger partial charge in [-0.25, -0.2) is 4.79 Å². The Kier molecular flexibility index (Phi) is 8.56. The minimum absolute atomic E-state index is 0.109. The summed E-state index contributed by atoms with van der Waals surface area (Å²) < 4.78 is 7.34. The molecule has 0 saturated heterocycles. The van der Waals surface area contributed by atoms with Crippen molar-refractivity contribution in [1.82, 2.24) is 9.47 Å². The zero-order valence-electron chi connectivity index (χ0n) is 18.2. The molecule has 0 unspecified atom stereocenters. The number of para-hydroxylation sites is 1. The number of aryl methyl sites for hydroxylation is 1. The molecular weight excluding hydrogens is 410 g/mol. The van der Waals surface area contributed by atoms with E-state index in [0.29, 0.717) is 26.2 Å². The first-order valence-electron chi connectivity index (χ1n) is 10.6. The Morgan fingerprint density at radius 2 is 1.81 bits per heavy atom. The van der Waals surface area contributed by atoms with Gasteiger partial charge in [-0.2, -0.15) is 0 Å². The molecule has 3 aromatic rings. The maximum Gasteiger partial charge on any atom is 0.322 e. The molecule has 0 bridgehead atoms. The molecule has 1 heterocycles. The SMILES string of the molecule is CCc1ccccc1NC(=O)N(CCCOC)Cc1cccn1Cc1ccccc1Cl. The molecular formula is C25H30ClN3O2. The van der Waals surface area contributed by atoms with Crippen molar-refractivity contribution in [1.29, 1.82) is 0 Å². The third kappa shape index (κ3) is 6.36. The molecule has 31 heavy (non-hydrogen) atoms. The van der Waals surface area contributed by atoms with Crippen LogP contribution in [0.15, 0.2) is 66.9 Å². The largest absolute Gasteiger partial charge is 0.385 e. The standard InChI is InChI=1S/C25H30ClN3O2/c1-3-20-10-5-7-14-24(20)27-25(30)29(16-9-17-31-2)19-22-12-8-15-28(22)18-21-11-4-6-13-23(21)26/h4-8,10-15H,3,9,16-19H2,1-2H3,(H,27,30). The highest BCUT2D eigenvalue weighted by molar-refractivity contribution is 6.31. The minimum Gasteiger partial charge on any atom is -0.385 e. The highest BCUT2D eigenvalue weighted by atomic mass is 35.5. The van der Waals surface area contributed by atoms with E-state index < -0.39 is 0 Å². The maximum atomic E-state index is 13.2. The Morgan fingerprint density at radius 1 is 1.06 bits per heavy atom. The number of amides is 2. The highest BCUT2D eigenvalue weighted by Crippen LogP contribution is 2.20. The molecule has 0 fully saturated rings. The number of anilines is 1. The van der Waals surface area contributed by atoms with Gasteiger partial charge in [0.25, 0.3) is 0 Å². The van der Waals surface area contributed by atoms with Gasteiger partial charge in [-0.15, -0.1) is 0 Å². The van der Waals surface area contributed by atoms with Gasteiger partial charge in [0, 0.05) is 49.4 Å². The van der Waals surface area contributed by atoms with E-state index in [2.05, 4.69) is 16.8 Å². The van der Waals surface area contributed by atoms with Gasteiger partial charge in [-0.1, -0.05) is 54.9 Å². The Hall–Kier alpha value is -2.76. The second-order valence-corrected chi connectivity index (χ2v) is 7.83. The summed E-state index contributed by atoms with van der Waals surface area (Å²) in [6, 6.07) is 19.7. The average Bonchev–Trinajstić information content (AvgIpc) is 3.21. The van der Waals surface area contributed by atoms with Crippen molar-refractivity contribution in [3.63, 3.8) is 0 Å². The fourth-order valence-corrected chi connectivity index (χ4v) is 3.75. The van der Waals surface area contributed by atoms with Gasteiger partial charge >= 0.3 is 6.03 Å². The highest BCUT2D eigenvalue weighted by Gasteiger charge is 2.17. The number of rotatable bonds is 10. The van der Waals surface area contributed by atoms with Crippen molar-refractivity contribution >= 4 is 23.3 Å². The van der Waals surface area contributed by atoms with Crippen molar-refractivity contribution in [3.8, 4) is 0 Å². The number of urea groups is 1. The lowest BCUT2D eigenvalue weighted by Crippen LogP contribution is -2.36. The molecule has 0 radical (unpaired) electrons. The van der Waals surface area contributed by atoms with Crippen LogP contribution in [0.25, 0.3) is 0 Å². The van der Waals surface area contributed by atoms with Crippen molar-refractivity contribution < 1.29 is 9.53 Å². The molecule has 0 aliphatic rings. The average molecular weight is 440 g/mol. The molecule has 6 heteroatoms. The lowest BCUT2D eigenvalue weighted by atomic mass is 10.1. The molecule has 0 aliphatic carbocycles. The third-order valence-electron chi connectivity index (χ3n) is 5.28. The monoisotopic (exact) mass is 439 g/mol. The van der Waals surface area contributed by atoms with Crippen molar-refractivity contribution in [3.05, 3.63) is 88.7 Å². The van der Waals surface area contributed by atoms with Crippen LogP contribution in [0.4, 0.5) is 10.5 Å². The molecule has 0 atom stereocenters. The molecule has 0 aliphatic heterocycles. The smallest absolute Gasteiger partial charge is 0.322 e. The summed E-state index contributed by atoms with van der Waals surface area (Å²) in [4.78, 5) is 15.0. The van der Waals surface area contributed by atoms with E-state index >= 15 is 0 Å². The Balaban J connectivity index is 1.76. The molecule has 3 rings (SSSR count). The Labute approximate surface area is 189 Å². The number of carbonyl (C=O) groups is 1. The Morgan fingerprint density at radius 3 is 2.55 bits per heavy atom. The van der Waals surface area contributed by atoms with Crippen LogP contribution in [-0.2, 0) is 24.2 Å². The number of carbonyl (C=O) groups excluding carboxylic acids is 1. The number of hydrogen-bond donors (Lipinski definition) is 1. The quantitative estimate of drug-likeness (QED) is 0.404. The number of nitrogens with zero attached hydrogens (tertiary/aromatic N) is 2. The van der Waals surface area contributed by atoms with E-state index in [1.165, 1.54) is 0 Å². The first-order chi connectivity index (χ1) is 15.1. The first kappa shape index (κ1) is 22.9. The summed E-state index contributed by atoms with van der Waals surface area (Å²) in [7, 11) is 1.68. The van der Waals surface area contributed by atoms with Crippen LogP contribution in [0.3, 0.4) is 0 Å². The fourth-order valence-electron chi connectivity index (χ4n) is 3.55. The summed E-state index contributed by atoms with van der Waals surface area (Å²) in [6.45, 7) is 4.46. The predicted octanol–water partition coefficient (Wildman–Crippen LogP) is 5.82. The third-order valence-corrected chi connectivity index (χ3v) is 5.65. The number of nitrogens with one attached hydrogen (secondary N) is 1. The minimum atomic E-state index is -0.109. The summed E-state index contributed by atoms with van der Waals surface area (Å²) in [6.07, 6.45) is 3.65. The topological polar surface area (TPSA) is 46.5 Å². The molecule has 0 spiro atoms. The second kappa shape index (κ2) is 11.6. The predicted molar refractivity (Wildman–Crippen MR) is 127 cm³/mol. The summed E-state index contributed by atoms with van der Waals surface area (Å²) in [5, 5.41) is 3.84. The van der Waals surface area contributed by atoms with Crippen LogP contribution in [0.2, 0.25) is 5.02 Å². The first-order valence-corrected chi connectivity index (χ1v) is 11.0. The van der Waals surface area contributed by atoms with Gasteiger partial charge in [-0.3, -0.25) is 0 Å². The molecule has 2 aromatic carbocycles. The van der Waals surface area contributed by atoms with Crippen molar-refractivity contribution in [2.45, 2.75) is 32.9 Å². The van der Waals surface area contributed by atoms with Gasteiger partial charge in [0.1, 0.15) is 0 Å². The van der Waals surface area contributed by atoms with Crippen molar-refractivity contribution in [2.75, 3.05) is 25.6 Å². The molecule has 2 amide bonds. The van der Waals surface area contributed by atoms with E-state index in [4.69, 9.17) is 16.3 Å². The van der Waals surface area contributed by atoms with Gasteiger partial charge < -0.3 is 19.5 Å². The number of methoxy groups -OCH3 is 1. The molecule has 5 nitrogen and oxygen atoms in total. The number of ether oxygens (including phenoxy) is 1. The lowest BCUT2D eigenvalue weighted by molar-refractivity contribution is 0.171. The molecule has 164 valence electrons. The summed E-state index contributed by atoms with van der Waals surface area (Å²) in [5.41, 5.74) is 4.08. The molecule has 0 saturated carbocycles. The lowest BCUT2D eigenvalue weighted by Gasteiger charge is -2.24. The number of aromatic nitrogens is 1. The second-order valence-electron chi connectivity index (χ2n) is 7.43. The van der Waals surface area contributed by atoms with Gasteiger partial charge in [-0.05, 0) is 48.2 Å². The van der Waals surface area contributed by atoms with E-state index in [-0.39, 0.29) is 6.03 Å². The molecule has 1 aromatic heterocycles. The zero-order valence-corrected chi connectivity index (χ0v) is 18.9. The van der Waals surface area contributed by atoms with Gasteiger partial charge in [0.05, 0.1) is 6.54 Å². The number of halogens is 1. The molecule has 1 N–H and O–H groups in total. The Bertz CT molecular complexity index is 986. The zero-order chi connectivity index (χ0) is 22.1. The van der Waals surface area contributed by atoms with Crippen LogP contribution in [-0.4, -0.2) is 35.8 Å². The number of benzene rings is 2. The van der Waals surface area contributed by atoms with E-state index in [9.17, 15) is 4.79 Å².